The highest BCUT2D eigenvalue weighted by molar-refractivity contribution is 7.13. The second-order valence-electron chi connectivity index (χ2n) is 7.77. The Labute approximate surface area is 185 Å². The van der Waals surface area contributed by atoms with Crippen molar-refractivity contribution in [3.05, 3.63) is 70.7 Å². The molecule has 0 saturated heterocycles. The van der Waals surface area contributed by atoms with Gasteiger partial charge in [-0.15, -0.1) is 11.3 Å². The Morgan fingerprint density at radius 2 is 1.84 bits per heavy atom. The first-order valence-corrected chi connectivity index (χ1v) is 11.2. The van der Waals surface area contributed by atoms with Crippen molar-refractivity contribution in [1.82, 2.24) is 15.6 Å². The number of rotatable bonds is 8. The Morgan fingerprint density at radius 1 is 1.13 bits per heavy atom. The highest BCUT2D eigenvalue weighted by atomic mass is 32.1. The Kier molecular flexibility index (Phi) is 6.32. The van der Waals surface area contributed by atoms with Crippen LogP contribution in [0.2, 0.25) is 0 Å². The molecule has 3 aromatic rings. The van der Waals surface area contributed by atoms with Gasteiger partial charge < -0.3 is 15.4 Å². The van der Waals surface area contributed by atoms with Gasteiger partial charge in [-0.05, 0) is 56.5 Å². The van der Waals surface area contributed by atoms with Gasteiger partial charge in [0.1, 0.15) is 10.8 Å². The smallest absolute Gasteiger partial charge is 0.258 e. The second kappa shape index (κ2) is 9.31. The molecule has 2 amide bonds. The highest BCUT2D eigenvalue weighted by Gasteiger charge is 2.23. The molecule has 1 unspecified atom stereocenters. The maximum Gasteiger partial charge on any atom is 0.258 e. The van der Waals surface area contributed by atoms with E-state index >= 15 is 0 Å². The van der Waals surface area contributed by atoms with E-state index in [1.807, 2.05) is 67.8 Å². The van der Waals surface area contributed by atoms with Gasteiger partial charge in [0.15, 0.2) is 6.61 Å². The average molecular weight is 436 g/mol. The van der Waals surface area contributed by atoms with Crippen LogP contribution in [0.25, 0.3) is 10.6 Å². The summed E-state index contributed by atoms with van der Waals surface area (Å²) in [5.41, 5.74) is 3.56. The Hall–Kier alpha value is -3.19. The molecule has 0 bridgehead atoms. The van der Waals surface area contributed by atoms with Crippen molar-refractivity contribution in [2.45, 2.75) is 38.8 Å². The van der Waals surface area contributed by atoms with Gasteiger partial charge in [0.05, 0.1) is 6.04 Å². The second-order valence-corrected chi connectivity index (χ2v) is 8.62. The van der Waals surface area contributed by atoms with Crippen molar-refractivity contribution in [2.24, 2.45) is 0 Å². The molecule has 1 fully saturated rings. The molecule has 2 N–H and O–H groups in total. The van der Waals surface area contributed by atoms with Gasteiger partial charge in [-0.2, -0.15) is 0 Å². The van der Waals surface area contributed by atoms with Crippen LogP contribution in [-0.4, -0.2) is 29.4 Å². The van der Waals surface area contributed by atoms with Crippen LogP contribution in [0.3, 0.4) is 0 Å². The summed E-state index contributed by atoms with van der Waals surface area (Å²) < 4.78 is 5.53. The standard InChI is InChI=1S/C24H25N3O3S/c1-15-14-31-24(25-15)19-5-3-18(4-6-19)23(29)26-16(2)17-7-11-21(12-8-17)30-13-22(28)27-20-9-10-20/h3-8,11-12,14,16,20H,9-10,13H2,1-2H3,(H,26,29)(H,27,28). The third-order valence-electron chi connectivity index (χ3n) is 5.05. The maximum absolute atomic E-state index is 12.6. The number of nitrogens with zero attached hydrogens (tertiary/aromatic N) is 1. The quantitative estimate of drug-likeness (QED) is 0.554. The minimum absolute atomic E-state index is 0.0126. The van der Waals surface area contributed by atoms with Crippen molar-refractivity contribution in [1.29, 1.82) is 0 Å². The molecule has 1 atom stereocenters. The molecule has 1 aromatic heterocycles. The lowest BCUT2D eigenvalue weighted by atomic mass is 10.1. The first-order valence-electron chi connectivity index (χ1n) is 10.3. The number of thiazole rings is 1. The van der Waals surface area contributed by atoms with E-state index < -0.39 is 0 Å². The molecule has 1 aliphatic carbocycles. The fourth-order valence-electron chi connectivity index (χ4n) is 3.11. The van der Waals surface area contributed by atoms with Crippen molar-refractivity contribution >= 4 is 23.2 Å². The summed E-state index contributed by atoms with van der Waals surface area (Å²) in [5.74, 6) is 0.399. The Bertz CT molecular complexity index is 1060. The number of aromatic nitrogens is 1. The minimum atomic E-state index is -0.166. The number of nitrogens with one attached hydrogen (secondary N) is 2. The zero-order chi connectivity index (χ0) is 21.8. The maximum atomic E-state index is 12.6. The molecule has 0 radical (unpaired) electrons. The fourth-order valence-corrected chi connectivity index (χ4v) is 3.92. The van der Waals surface area contributed by atoms with Crippen molar-refractivity contribution < 1.29 is 14.3 Å². The predicted octanol–water partition coefficient (Wildman–Crippen LogP) is 4.27. The fraction of sp³-hybridized carbons (Fsp3) is 0.292. The van der Waals surface area contributed by atoms with Crippen LogP contribution in [0.15, 0.2) is 53.9 Å². The van der Waals surface area contributed by atoms with Crippen LogP contribution < -0.4 is 15.4 Å². The number of carbonyl (C=O) groups excluding carboxylic acids is 2. The Morgan fingerprint density at radius 3 is 2.45 bits per heavy atom. The summed E-state index contributed by atoms with van der Waals surface area (Å²) in [6.07, 6.45) is 2.11. The van der Waals surface area contributed by atoms with Gasteiger partial charge in [-0.3, -0.25) is 9.59 Å². The number of aryl methyl sites for hydroxylation is 1. The highest BCUT2D eigenvalue weighted by Crippen LogP contribution is 2.24. The molecule has 160 valence electrons. The number of hydrogen-bond donors (Lipinski definition) is 2. The van der Waals surface area contributed by atoms with E-state index in [0.717, 1.165) is 34.7 Å². The molecule has 6 nitrogen and oxygen atoms in total. The SMILES string of the molecule is Cc1csc(-c2ccc(C(=O)NC(C)c3ccc(OCC(=O)NC4CC4)cc3)cc2)n1. The molecule has 0 spiro atoms. The van der Waals surface area contributed by atoms with E-state index in [4.69, 9.17) is 4.74 Å². The molecular weight excluding hydrogens is 410 g/mol. The van der Waals surface area contributed by atoms with E-state index in [1.54, 1.807) is 11.3 Å². The lowest BCUT2D eigenvalue weighted by Crippen LogP contribution is -2.30. The van der Waals surface area contributed by atoms with Gasteiger partial charge in [0, 0.05) is 28.2 Å². The summed E-state index contributed by atoms with van der Waals surface area (Å²) >= 11 is 1.59. The summed E-state index contributed by atoms with van der Waals surface area (Å²) in [7, 11) is 0. The van der Waals surface area contributed by atoms with Crippen molar-refractivity contribution in [3.8, 4) is 16.3 Å². The normalized spacial score (nSPS) is 14.0. The molecule has 2 aromatic carbocycles. The van der Waals surface area contributed by atoms with E-state index in [2.05, 4.69) is 15.6 Å². The van der Waals surface area contributed by atoms with Crippen molar-refractivity contribution in [2.75, 3.05) is 6.61 Å². The van der Waals surface area contributed by atoms with Crippen LogP contribution in [0.4, 0.5) is 0 Å². The van der Waals surface area contributed by atoms with Gasteiger partial charge >= 0.3 is 0 Å². The predicted molar refractivity (Wildman–Crippen MR) is 121 cm³/mol. The zero-order valence-electron chi connectivity index (χ0n) is 17.6. The first kappa shape index (κ1) is 21.1. The number of carbonyl (C=O) groups is 2. The monoisotopic (exact) mass is 435 g/mol. The van der Waals surface area contributed by atoms with Crippen LogP contribution in [0.1, 0.15) is 47.4 Å². The lowest BCUT2D eigenvalue weighted by Gasteiger charge is -2.15. The molecule has 0 aliphatic heterocycles. The van der Waals surface area contributed by atoms with Crippen LogP contribution in [0, 0.1) is 6.92 Å². The molecule has 31 heavy (non-hydrogen) atoms. The van der Waals surface area contributed by atoms with Crippen LogP contribution >= 0.6 is 11.3 Å². The molecule has 1 heterocycles. The summed E-state index contributed by atoms with van der Waals surface area (Å²) in [5, 5.41) is 8.87. The van der Waals surface area contributed by atoms with Gasteiger partial charge in [0.2, 0.25) is 0 Å². The topological polar surface area (TPSA) is 80.3 Å². The summed E-state index contributed by atoms with van der Waals surface area (Å²) in [6.45, 7) is 3.91. The van der Waals surface area contributed by atoms with Gasteiger partial charge in [-0.25, -0.2) is 4.98 Å². The summed E-state index contributed by atoms with van der Waals surface area (Å²) in [4.78, 5) is 28.8. The largest absolute Gasteiger partial charge is 0.484 e. The Balaban J connectivity index is 1.30. The average Bonchev–Trinajstić information content (AvgIpc) is 3.49. The van der Waals surface area contributed by atoms with E-state index in [0.29, 0.717) is 17.4 Å². The third kappa shape index (κ3) is 5.70. The van der Waals surface area contributed by atoms with E-state index in [9.17, 15) is 9.59 Å². The number of amides is 2. The number of hydrogen-bond acceptors (Lipinski definition) is 5. The third-order valence-corrected chi connectivity index (χ3v) is 6.06. The minimum Gasteiger partial charge on any atom is -0.484 e. The van der Waals surface area contributed by atoms with Gasteiger partial charge in [-0.1, -0.05) is 24.3 Å². The van der Waals surface area contributed by atoms with Crippen molar-refractivity contribution in [3.63, 3.8) is 0 Å². The molecule has 4 rings (SSSR count). The van der Waals surface area contributed by atoms with Gasteiger partial charge in [0.25, 0.3) is 11.8 Å². The molecule has 1 aliphatic rings. The molecular formula is C24H25N3O3S. The number of benzene rings is 2. The van der Waals surface area contributed by atoms with E-state index in [-0.39, 0.29) is 24.5 Å². The van der Waals surface area contributed by atoms with E-state index in [1.165, 1.54) is 0 Å². The van der Waals surface area contributed by atoms with Crippen LogP contribution in [0.5, 0.6) is 5.75 Å². The lowest BCUT2D eigenvalue weighted by molar-refractivity contribution is -0.123. The zero-order valence-corrected chi connectivity index (χ0v) is 18.4. The summed E-state index contributed by atoms with van der Waals surface area (Å²) in [6, 6.07) is 15.1. The number of ether oxygens (including phenoxy) is 1. The first-order chi connectivity index (χ1) is 15.0. The molecule has 1 saturated carbocycles. The molecule has 7 heteroatoms. The van der Waals surface area contributed by atoms with Crippen LogP contribution in [-0.2, 0) is 4.79 Å².